The van der Waals surface area contributed by atoms with Gasteiger partial charge in [-0.25, -0.2) is 9.07 Å². The third-order valence-electron chi connectivity index (χ3n) is 3.97. The van der Waals surface area contributed by atoms with Gasteiger partial charge in [-0.15, -0.1) is 5.10 Å². The van der Waals surface area contributed by atoms with Gasteiger partial charge in [-0.3, -0.25) is 4.79 Å². The van der Waals surface area contributed by atoms with Crippen molar-refractivity contribution in [1.29, 1.82) is 0 Å². The van der Waals surface area contributed by atoms with Crippen LogP contribution in [0.2, 0.25) is 0 Å². The van der Waals surface area contributed by atoms with E-state index < -0.39 is 6.04 Å². The van der Waals surface area contributed by atoms with Gasteiger partial charge in [-0.2, -0.15) is 0 Å². The van der Waals surface area contributed by atoms with Gasteiger partial charge in [0.2, 0.25) is 5.91 Å². The molecular formula is C15H18FN5O. The average molecular weight is 303 g/mol. The van der Waals surface area contributed by atoms with Crippen LogP contribution in [0.4, 0.5) is 4.39 Å². The van der Waals surface area contributed by atoms with Crippen LogP contribution in [-0.4, -0.2) is 44.1 Å². The van der Waals surface area contributed by atoms with E-state index in [0.29, 0.717) is 12.2 Å². The number of carbonyl (C=O) groups is 1. The molecule has 2 heterocycles. The molecule has 116 valence electrons. The fourth-order valence-corrected chi connectivity index (χ4v) is 2.84. The zero-order chi connectivity index (χ0) is 15.5. The third kappa shape index (κ3) is 2.98. The maximum atomic E-state index is 13.4. The summed E-state index contributed by atoms with van der Waals surface area (Å²) in [4.78, 5) is 14.6. The van der Waals surface area contributed by atoms with Crippen molar-refractivity contribution in [2.45, 2.75) is 32.2 Å². The van der Waals surface area contributed by atoms with Crippen LogP contribution in [0, 0.1) is 12.7 Å². The topological polar surface area (TPSA) is 63.9 Å². The van der Waals surface area contributed by atoms with Gasteiger partial charge < -0.3 is 4.90 Å². The zero-order valence-electron chi connectivity index (χ0n) is 12.4. The second-order valence-electron chi connectivity index (χ2n) is 5.55. The van der Waals surface area contributed by atoms with Gasteiger partial charge in [-0.1, -0.05) is 12.1 Å². The standard InChI is InChI=1S/C15H18FN5O/c1-11-17-18-19-21(11)14(15(22)20-7-2-3-8-20)10-12-5-4-6-13(16)9-12/h4-6,9,14H,2-3,7-8,10H2,1H3/t14-/m1/s1. The minimum atomic E-state index is -0.533. The second kappa shape index (κ2) is 6.21. The highest BCUT2D eigenvalue weighted by Gasteiger charge is 2.30. The van der Waals surface area contributed by atoms with Crippen molar-refractivity contribution in [3.63, 3.8) is 0 Å². The molecule has 22 heavy (non-hydrogen) atoms. The number of rotatable bonds is 4. The lowest BCUT2D eigenvalue weighted by Gasteiger charge is -2.23. The molecule has 0 unspecified atom stereocenters. The summed E-state index contributed by atoms with van der Waals surface area (Å²) in [5.41, 5.74) is 0.757. The number of hydrogen-bond donors (Lipinski definition) is 0. The molecule has 1 fully saturated rings. The Morgan fingerprint density at radius 2 is 2.14 bits per heavy atom. The minimum Gasteiger partial charge on any atom is -0.341 e. The van der Waals surface area contributed by atoms with Gasteiger partial charge in [0.25, 0.3) is 0 Å². The lowest BCUT2D eigenvalue weighted by molar-refractivity contribution is -0.134. The van der Waals surface area contributed by atoms with E-state index in [1.54, 1.807) is 13.0 Å². The summed E-state index contributed by atoms with van der Waals surface area (Å²) in [6.07, 6.45) is 2.42. The smallest absolute Gasteiger partial charge is 0.247 e. The largest absolute Gasteiger partial charge is 0.341 e. The summed E-state index contributed by atoms with van der Waals surface area (Å²) in [6.45, 7) is 3.29. The Bertz CT molecular complexity index is 665. The van der Waals surface area contributed by atoms with Crippen molar-refractivity contribution >= 4 is 5.91 Å². The van der Waals surface area contributed by atoms with Gasteiger partial charge in [0, 0.05) is 19.5 Å². The van der Waals surface area contributed by atoms with Crippen LogP contribution in [-0.2, 0) is 11.2 Å². The van der Waals surface area contributed by atoms with Gasteiger partial charge in [-0.05, 0) is 47.9 Å². The predicted molar refractivity (Wildman–Crippen MR) is 77.5 cm³/mol. The molecule has 0 spiro atoms. The van der Waals surface area contributed by atoms with E-state index in [9.17, 15) is 9.18 Å². The minimum absolute atomic E-state index is 0.00263. The predicted octanol–water partition coefficient (Wildman–Crippen LogP) is 1.53. The summed E-state index contributed by atoms with van der Waals surface area (Å²) in [6, 6.07) is 5.77. The molecule has 1 aliphatic heterocycles. The maximum absolute atomic E-state index is 13.4. The Morgan fingerprint density at radius 3 is 2.77 bits per heavy atom. The fourth-order valence-electron chi connectivity index (χ4n) is 2.84. The van der Waals surface area contributed by atoms with Crippen molar-refractivity contribution in [3.05, 3.63) is 41.5 Å². The number of halogens is 1. The average Bonchev–Trinajstić information content (AvgIpc) is 3.16. The lowest BCUT2D eigenvalue weighted by atomic mass is 10.0. The third-order valence-corrected chi connectivity index (χ3v) is 3.97. The summed E-state index contributed by atoms with van der Waals surface area (Å²) >= 11 is 0. The van der Waals surface area contributed by atoms with Crippen molar-refractivity contribution in [2.24, 2.45) is 0 Å². The molecule has 1 aromatic heterocycles. The number of nitrogens with zero attached hydrogens (tertiary/aromatic N) is 5. The maximum Gasteiger partial charge on any atom is 0.247 e. The molecule has 0 N–H and O–H groups in total. The van der Waals surface area contributed by atoms with Crippen LogP contribution >= 0.6 is 0 Å². The Morgan fingerprint density at radius 1 is 1.36 bits per heavy atom. The lowest BCUT2D eigenvalue weighted by Crippen LogP contribution is -2.37. The molecule has 1 amide bonds. The van der Waals surface area contributed by atoms with Crippen LogP contribution in [0.15, 0.2) is 24.3 Å². The number of likely N-dealkylation sites (tertiary alicyclic amines) is 1. The molecule has 0 aliphatic carbocycles. The van der Waals surface area contributed by atoms with Crippen molar-refractivity contribution in [1.82, 2.24) is 25.1 Å². The van der Waals surface area contributed by atoms with Crippen LogP contribution in [0.5, 0.6) is 0 Å². The van der Waals surface area contributed by atoms with E-state index in [-0.39, 0.29) is 11.7 Å². The second-order valence-corrected chi connectivity index (χ2v) is 5.55. The fraction of sp³-hybridized carbons (Fsp3) is 0.467. The SMILES string of the molecule is Cc1nnnn1[C@H](Cc1cccc(F)c1)C(=O)N1CCCC1. The van der Waals surface area contributed by atoms with Crippen LogP contribution < -0.4 is 0 Å². The molecule has 0 radical (unpaired) electrons. The van der Waals surface area contributed by atoms with Gasteiger partial charge in [0.1, 0.15) is 17.7 Å². The van der Waals surface area contributed by atoms with Crippen molar-refractivity contribution in [2.75, 3.05) is 13.1 Å². The molecule has 2 aromatic rings. The highest BCUT2D eigenvalue weighted by Crippen LogP contribution is 2.21. The number of aryl methyl sites for hydroxylation is 1. The number of hydrogen-bond acceptors (Lipinski definition) is 4. The van der Waals surface area contributed by atoms with E-state index in [4.69, 9.17) is 0 Å². The summed E-state index contributed by atoms with van der Waals surface area (Å²) in [5.74, 6) is 0.268. The van der Waals surface area contributed by atoms with Crippen molar-refractivity contribution in [3.8, 4) is 0 Å². The zero-order valence-corrected chi connectivity index (χ0v) is 12.4. The van der Waals surface area contributed by atoms with Crippen LogP contribution in [0.25, 0.3) is 0 Å². The normalized spacial score (nSPS) is 16.0. The monoisotopic (exact) mass is 303 g/mol. The number of amides is 1. The van der Waals surface area contributed by atoms with Gasteiger partial charge in [0.15, 0.2) is 0 Å². The molecule has 6 nitrogen and oxygen atoms in total. The van der Waals surface area contributed by atoms with Gasteiger partial charge in [0.05, 0.1) is 0 Å². The number of tetrazole rings is 1. The first kappa shape index (κ1) is 14.6. The Labute approximate surface area is 127 Å². The Balaban J connectivity index is 1.89. The summed E-state index contributed by atoms with van der Waals surface area (Å²) < 4.78 is 14.9. The molecule has 1 atom stereocenters. The molecular weight excluding hydrogens is 285 g/mol. The van der Waals surface area contributed by atoms with E-state index in [2.05, 4.69) is 15.5 Å². The molecule has 1 aliphatic rings. The molecule has 0 saturated carbocycles. The van der Waals surface area contributed by atoms with Crippen LogP contribution in [0.1, 0.15) is 30.3 Å². The molecule has 1 aromatic carbocycles. The van der Waals surface area contributed by atoms with E-state index in [1.807, 2.05) is 11.0 Å². The van der Waals surface area contributed by atoms with Crippen molar-refractivity contribution < 1.29 is 9.18 Å². The molecule has 1 saturated heterocycles. The Hall–Kier alpha value is -2.31. The summed E-state index contributed by atoms with van der Waals surface area (Å²) in [7, 11) is 0. The number of benzene rings is 1. The molecule has 7 heteroatoms. The van der Waals surface area contributed by atoms with E-state index in [0.717, 1.165) is 31.5 Å². The molecule has 3 rings (SSSR count). The number of aromatic nitrogens is 4. The van der Waals surface area contributed by atoms with E-state index in [1.165, 1.54) is 16.8 Å². The number of carbonyl (C=O) groups excluding carboxylic acids is 1. The first-order valence-electron chi connectivity index (χ1n) is 7.43. The van der Waals surface area contributed by atoms with Crippen LogP contribution in [0.3, 0.4) is 0 Å². The van der Waals surface area contributed by atoms with E-state index >= 15 is 0 Å². The Kier molecular flexibility index (Phi) is 4.13. The summed E-state index contributed by atoms with van der Waals surface area (Å²) in [5, 5.41) is 11.4. The highest BCUT2D eigenvalue weighted by atomic mass is 19.1. The van der Waals surface area contributed by atoms with Gasteiger partial charge >= 0.3 is 0 Å². The highest BCUT2D eigenvalue weighted by molar-refractivity contribution is 5.81. The first-order valence-corrected chi connectivity index (χ1v) is 7.43. The quantitative estimate of drug-likeness (QED) is 0.859. The first-order chi connectivity index (χ1) is 10.6. The molecule has 0 bridgehead atoms.